The molecule has 0 spiro atoms. The van der Waals surface area contributed by atoms with Gasteiger partial charge in [-0.2, -0.15) is 27.2 Å². The molecule has 0 aliphatic carbocycles. The number of esters is 1. The molecular weight excluding hydrogens is 301 g/mol. The lowest BCUT2D eigenvalue weighted by Crippen LogP contribution is -2.18. The molecule has 0 aliphatic rings. The molecule has 0 saturated heterocycles. The van der Waals surface area contributed by atoms with E-state index < -0.39 is 41.2 Å². The van der Waals surface area contributed by atoms with Crippen LogP contribution in [-0.4, -0.2) is 19.2 Å². The normalized spacial score (nSPS) is 11.1. The third-order valence-electron chi connectivity index (χ3n) is 2.23. The highest BCUT2D eigenvalue weighted by molar-refractivity contribution is 5.94. The van der Waals surface area contributed by atoms with Gasteiger partial charge in [-0.05, 0) is 19.1 Å². The molecule has 0 saturated carbocycles. The van der Waals surface area contributed by atoms with Gasteiger partial charge in [-0.25, -0.2) is 4.79 Å². The zero-order chi connectivity index (χ0) is 16.2. The van der Waals surface area contributed by atoms with Gasteiger partial charge in [-0.1, -0.05) is 0 Å². The monoisotopic (exact) mass is 309 g/mol. The Bertz CT molecular complexity index is 577. The van der Waals surface area contributed by atoms with Gasteiger partial charge < -0.3 is 9.47 Å². The second-order valence-electron chi connectivity index (χ2n) is 3.61. The van der Waals surface area contributed by atoms with Crippen molar-refractivity contribution < 1.29 is 36.2 Å². The summed E-state index contributed by atoms with van der Waals surface area (Å²) in [5, 5.41) is 8.64. The summed E-state index contributed by atoms with van der Waals surface area (Å²) >= 11 is 0. The molecule has 0 radical (unpaired) electrons. The van der Waals surface area contributed by atoms with Crippen molar-refractivity contribution in [2.45, 2.75) is 19.7 Å². The van der Waals surface area contributed by atoms with Gasteiger partial charge in [0.1, 0.15) is 11.3 Å². The van der Waals surface area contributed by atoms with Crippen molar-refractivity contribution in [2.24, 2.45) is 0 Å². The van der Waals surface area contributed by atoms with Gasteiger partial charge in [0.25, 0.3) is 0 Å². The van der Waals surface area contributed by atoms with Crippen LogP contribution in [0.25, 0.3) is 0 Å². The average molecular weight is 309 g/mol. The molecule has 0 aliphatic heterocycles. The Hall–Kier alpha value is -2.37. The first-order valence-corrected chi connectivity index (χ1v) is 5.48. The van der Waals surface area contributed by atoms with Crippen LogP contribution in [0, 0.1) is 11.3 Å². The summed E-state index contributed by atoms with van der Waals surface area (Å²) in [6.07, 6.45) is -5.05. The van der Waals surface area contributed by atoms with Gasteiger partial charge in [-0.3, -0.25) is 0 Å². The Morgan fingerprint density at radius 3 is 2.43 bits per heavy atom. The predicted molar refractivity (Wildman–Crippen MR) is 58.7 cm³/mol. The van der Waals surface area contributed by atoms with Crippen LogP contribution in [0.2, 0.25) is 0 Å². The number of nitrogens with zero attached hydrogens (tertiary/aromatic N) is 1. The lowest BCUT2D eigenvalue weighted by Gasteiger charge is -2.16. The standard InChI is InChI=1S/C12H8F5NO3/c1-2-20-10(19)9-7(12(15,16)17)3-6(5-18)4-8(9)21-11(13)14/h3-4,11H,2H2,1H3. The van der Waals surface area contributed by atoms with Crippen LogP contribution in [0.1, 0.15) is 28.4 Å². The number of halogens is 5. The number of hydrogen-bond acceptors (Lipinski definition) is 4. The maximum Gasteiger partial charge on any atom is 0.417 e. The number of carbonyl (C=O) groups excluding carboxylic acids is 1. The number of benzene rings is 1. The van der Waals surface area contributed by atoms with Gasteiger partial charge in [-0.15, -0.1) is 0 Å². The summed E-state index contributed by atoms with van der Waals surface area (Å²) in [6.45, 7) is -2.39. The second kappa shape index (κ2) is 6.39. The van der Waals surface area contributed by atoms with Gasteiger partial charge in [0.15, 0.2) is 0 Å². The van der Waals surface area contributed by atoms with Crippen LogP contribution in [0.4, 0.5) is 22.0 Å². The average Bonchev–Trinajstić information content (AvgIpc) is 2.36. The molecule has 0 amide bonds. The minimum atomic E-state index is -5.05. The number of ether oxygens (including phenoxy) is 2. The highest BCUT2D eigenvalue weighted by atomic mass is 19.4. The number of rotatable bonds is 4. The summed E-state index contributed by atoms with van der Waals surface area (Å²) < 4.78 is 71.6. The fraction of sp³-hybridized carbons (Fsp3) is 0.333. The van der Waals surface area contributed by atoms with E-state index in [-0.39, 0.29) is 6.61 Å². The van der Waals surface area contributed by atoms with E-state index in [9.17, 15) is 26.7 Å². The van der Waals surface area contributed by atoms with Gasteiger partial charge in [0.05, 0.1) is 23.8 Å². The number of nitriles is 1. The van der Waals surface area contributed by atoms with Crippen molar-refractivity contribution in [3.8, 4) is 11.8 Å². The zero-order valence-corrected chi connectivity index (χ0v) is 10.5. The molecule has 0 N–H and O–H groups in total. The molecule has 4 nitrogen and oxygen atoms in total. The summed E-state index contributed by atoms with van der Waals surface area (Å²) in [7, 11) is 0. The van der Waals surface area contributed by atoms with Crippen LogP contribution in [0.15, 0.2) is 12.1 Å². The Labute approximate surface area is 115 Å². The largest absolute Gasteiger partial charge is 0.462 e. The van der Waals surface area contributed by atoms with E-state index >= 15 is 0 Å². The maximum atomic E-state index is 12.9. The van der Waals surface area contributed by atoms with E-state index in [1.54, 1.807) is 0 Å². The van der Waals surface area contributed by atoms with E-state index in [1.807, 2.05) is 0 Å². The molecule has 1 aromatic carbocycles. The smallest absolute Gasteiger partial charge is 0.417 e. The fourth-order valence-corrected chi connectivity index (χ4v) is 1.51. The highest BCUT2D eigenvalue weighted by Gasteiger charge is 2.39. The van der Waals surface area contributed by atoms with E-state index in [1.165, 1.54) is 13.0 Å². The Kier molecular flexibility index (Phi) is 5.07. The Morgan fingerprint density at radius 2 is 2.00 bits per heavy atom. The van der Waals surface area contributed by atoms with Gasteiger partial charge >= 0.3 is 18.8 Å². The predicted octanol–water partition coefficient (Wildman–Crippen LogP) is 3.36. The quantitative estimate of drug-likeness (QED) is 0.632. The van der Waals surface area contributed by atoms with Crippen LogP contribution in [0.3, 0.4) is 0 Å². The van der Waals surface area contributed by atoms with Crippen molar-refractivity contribution in [1.29, 1.82) is 5.26 Å². The molecule has 0 aromatic heterocycles. The Balaban J connectivity index is 3.59. The highest BCUT2D eigenvalue weighted by Crippen LogP contribution is 2.38. The molecule has 0 fully saturated rings. The van der Waals surface area contributed by atoms with Crippen molar-refractivity contribution in [3.05, 3.63) is 28.8 Å². The molecule has 0 unspecified atom stereocenters. The van der Waals surface area contributed by atoms with Crippen LogP contribution >= 0.6 is 0 Å². The van der Waals surface area contributed by atoms with Crippen LogP contribution < -0.4 is 4.74 Å². The topological polar surface area (TPSA) is 59.3 Å². The van der Waals surface area contributed by atoms with Crippen molar-refractivity contribution in [1.82, 2.24) is 0 Å². The summed E-state index contributed by atoms with van der Waals surface area (Å²) in [5.41, 5.74) is -3.34. The van der Waals surface area contributed by atoms with Crippen LogP contribution in [-0.2, 0) is 10.9 Å². The summed E-state index contributed by atoms with van der Waals surface area (Å²) in [5.74, 6) is -2.53. The third-order valence-corrected chi connectivity index (χ3v) is 2.23. The molecule has 1 rings (SSSR count). The number of hydrogen-bond donors (Lipinski definition) is 0. The van der Waals surface area contributed by atoms with E-state index in [0.29, 0.717) is 12.1 Å². The van der Waals surface area contributed by atoms with Crippen molar-refractivity contribution >= 4 is 5.97 Å². The maximum absolute atomic E-state index is 12.9. The third kappa shape index (κ3) is 4.05. The molecule has 1 aromatic rings. The summed E-state index contributed by atoms with van der Waals surface area (Å²) in [6, 6.07) is 2.36. The molecule has 0 bridgehead atoms. The van der Waals surface area contributed by atoms with Crippen LogP contribution in [0.5, 0.6) is 5.75 Å². The van der Waals surface area contributed by atoms with Crippen molar-refractivity contribution in [2.75, 3.05) is 6.61 Å². The lowest BCUT2D eigenvalue weighted by atomic mass is 10.0. The molecule has 0 atom stereocenters. The molecule has 0 heterocycles. The first kappa shape index (κ1) is 16.7. The van der Waals surface area contributed by atoms with E-state index in [0.717, 1.165) is 0 Å². The second-order valence-corrected chi connectivity index (χ2v) is 3.61. The number of alkyl halides is 5. The van der Waals surface area contributed by atoms with Gasteiger partial charge in [0, 0.05) is 0 Å². The fourth-order valence-electron chi connectivity index (χ4n) is 1.51. The zero-order valence-electron chi connectivity index (χ0n) is 10.5. The summed E-state index contributed by atoms with van der Waals surface area (Å²) in [4.78, 5) is 11.6. The van der Waals surface area contributed by atoms with E-state index in [4.69, 9.17) is 5.26 Å². The number of carbonyl (C=O) groups is 1. The molecular formula is C12H8F5NO3. The lowest BCUT2D eigenvalue weighted by molar-refractivity contribution is -0.138. The molecule has 9 heteroatoms. The SMILES string of the molecule is CCOC(=O)c1c(OC(F)F)cc(C#N)cc1C(F)(F)F. The van der Waals surface area contributed by atoms with Gasteiger partial charge in [0.2, 0.25) is 0 Å². The first-order valence-electron chi connectivity index (χ1n) is 5.48. The molecule has 21 heavy (non-hydrogen) atoms. The minimum absolute atomic E-state index is 0.260. The Morgan fingerprint density at radius 1 is 1.38 bits per heavy atom. The van der Waals surface area contributed by atoms with E-state index in [2.05, 4.69) is 9.47 Å². The molecule has 114 valence electrons. The minimum Gasteiger partial charge on any atom is -0.462 e. The van der Waals surface area contributed by atoms with Crippen molar-refractivity contribution in [3.63, 3.8) is 0 Å². The first-order chi connectivity index (χ1) is 9.70.